The predicted molar refractivity (Wildman–Crippen MR) is 73.3 cm³/mol. The Morgan fingerprint density at radius 3 is 2.61 bits per heavy atom. The first-order valence-corrected chi connectivity index (χ1v) is 7.43. The highest BCUT2D eigenvalue weighted by atomic mass is 32.1. The monoisotopic (exact) mass is 267 g/mol. The smallest absolute Gasteiger partial charge is 0.328 e. The Labute approximate surface area is 112 Å². The van der Waals surface area contributed by atoms with Crippen molar-refractivity contribution >= 4 is 17.3 Å². The summed E-state index contributed by atoms with van der Waals surface area (Å²) in [5, 5.41) is 1.92. The van der Waals surface area contributed by atoms with Crippen molar-refractivity contribution < 1.29 is 9.53 Å². The lowest BCUT2D eigenvalue weighted by molar-refractivity contribution is -0.153. The summed E-state index contributed by atoms with van der Waals surface area (Å²) >= 11 is 1.50. The molecule has 2 rings (SSSR count). The first-order valence-electron chi connectivity index (χ1n) is 6.55. The number of carbonyl (C=O) groups excluding carboxylic acids is 1. The molecule has 4 heteroatoms. The van der Waals surface area contributed by atoms with Crippen molar-refractivity contribution in [1.29, 1.82) is 0 Å². The largest absolute Gasteiger partial charge is 0.461 e. The third-order valence-electron chi connectivity index (χ3n) is 3.52. The van der Waals surface area contributed by atoms with Crippen molar-refractivity contribution in [3.63, 3.8) is 0 Å². The van der Waals surface area contributed by atoms with Gasteiger partial charge in [-0.1, -0.05) is 19.9 Å². The number of hydrogen-bond donors (Lipinski definition) is 1. The van der Waals surface area contributed by atoms with Crippen molar-refractivity contribution in [2.24, 2.45) is 17.6 Å². The van der Waals surface area contributed by atoms with Gasteiger partial charge in [-0.05, 0) is 42.5 Å². The van der Waals surface area contributed by atoms with E-state index in [1.807, 2.05) is 17.5 Å². The Morgan fingerprint density at radius 1 is 1.39 bits per heavy atom. The molecule has 1 saturated carbocycles. The summed E-state index contributed by atoms with van der Waals surface area (Å²) in [5.41, 5.74) is 5.91. The quantitative estimate of drug-likeness (QED) is 0.856. The molecule has 3 atom stereocenters. The minimum absolute atomic E-state index is 0.0438. The van der Waals surface area contributed by atoms with Gasteiger partial charge in [0.2, 0.25) is 0 Å². The van der Waals surface area contributed by atoms with E-state index in [0.717, 1.165) is 17.7 Å². The number of carbonyl (C=O) groups is 1. The highest BCUT2D eigenvalue weighted by Gasteiger charge is 2.28. The zero-order valence-electron chi connectivity index (χ0n) is 11.0. The van der Waals surface area contributed by atoms with E-state index in [4.69, 9.17) is 10.5 Å². The summed E-state index contributed by atoms with van der Waals surface area (Å²) in [5.74, 6) is 0.970. The molecule has 1 aromatic rings. The van der Waals surface area contributed by atoms with Gasteiger partial charge < -0.3 is 10.5 Å². The summed E-state index contributed by atoms with van der Waals surface area (Å²) < 4.78 is 5.56. The van der Waals surface area contributed by atoms with Crippen LogP contribution in [-0.4, -0.2) is 12.1 Å². The van der Waals surface area contributed by atoms with Gasteiger partial charge in [0.15, 0.2) is 0 Å². The number of hydrogen-bond acceptors (Lipinski definition) is 4. The molecule has 0 saturated heterocycles. The Morgan fingerprint density at radius 2 is 2.06 bits per heavy atom. The van der Waals surface area contributed by atoms with Crippen LogP contribution in [0.25, 0.3) is 0 Å². The topological polar surface area (TPSA) is 52.3 Å². The molecular weight excluding hydrogens is 246 g/mol. The zero-order chi connectivity index (χ0) is 13.1. The van der Waals surface area contributed by atoms with Crippen LogP contribution in [0.4, 0.5) is 0 Å². The summed E-state index contributed by atoms with van der Waals surface area (Å²) in [6.45, 7) is 4.44. The Balaban J connectivity index is 1.91. The van der Waals surface area contributed by atoms with E-state index in [-0.39, 0.29) is 12.1 Å². The van der Waals surface area contributed by atoms with Crippen LogP contribution in [-0.2, 0) is 9.53 Å². The van der Waals surface area contributed by atoms with Gasteiger partial charge in [-0.3, -0.25) is 0 Å². The second-order valence-corrected chi connectivity index (χ2v) is 6.45. The van der Waals surface area contributed by atoms with Crippen LogP contribution in [0.1, 0.15) is 44.0 Å². The van der Waals surface area contributed by atoms with Gasteiger partial charge in [-0.15, -0.1) is 11.3 Å². The fraction of sp³-hybridized carbons (Fsp3) is 0.643. The Bertz CT molecular complexity index is 381. The first kappa shape index (κ1) is 13.6. The fourth-order valence-corrected chi connectivity index (χ4v) is 3.51. The standard InChI is InChI=1S/C14H21NO2S/c1-9-6-10(2)8-11(7-9)17-14(16)13(15)12-4-3-5-18-12/h3-5,9-11,13H,6-8,15H2,1-2H3. The molecule has 0 radical (unpaired) electrons. The zero-order valence-corrected chi connectivity index (χ0v) is 11.8. The van der Waals surface area contributed by atoms with Crippen molar-refractivity contribution in [2.75, 3.05) is 0 Å². The number of nitrogens with two attached hydrogens (primary N) is 1. The molecule has 3 nitrogen and oxygen atoms in total. The number of rotatable bonds is 3. The normalized spacial score (nSPS) is 29.8. The summed E-state index contributed by atoms with van der Waals surface area (Å²) in [6.07, 6.45) is 3.20. The minimum atomic E-state index is -0.627. The van der Waals surface area contributed by atoms with Gasteiger partial charge in [-0.2, -0.15) is 0 Å². The summed E-state index contributed by atoms with van der Waals surface area (Å²) in [6, 6.07) is 3.15. The average molecular weight is 267 g/mol. The van der Waals surface area contributed by atoms with Gasteiger partial charge in [0.1, 0.15) is 12.1 Å². The number of thiophene rings is 1. The van der Waals surface area contributed by atoms with Crippen molar-refractivity contribution in [3.05, 3.63) is 22.4 Å². The van der Waals surface area contributed by atoms with E-state index in [1.165, 1.54) is 17.8 Å². The first-order chi connectivity index (χ1) is 8.56. The lowest BCUT2D eigenvalue weighted by Gasteiger charge is -2.31. The highest BCUT2D eigenvalue weighted by Crippen LogP contribution is 2.31. The maximum Gasteiger partial charge on any atom is 0.328 e. The van der Waals surface area contributed by atoms with Crippen LogP contribution < -0.4 is 5.73 Å². The Kier molecular flexibility index (Phi) is 4.40. The summed E-state index contributed by atoms with van der Waals surface area (Å²) in [4.78, 5) is 12.9. The third-order valence-corrected chi connectivity index (χ3v) is 4.48. The molecule has 1 heterocycles. The summed E-state index contributed by atoms with van der Waals surface area (Å²) in [7, 11) is 0. The predicted octanol–water partition coefficient (Wildman–Crippen LogP) is 3.12. The molecule has 2 N–H and O–H groups in total. The number of esters is 1. The molecule has 0 spiro atoms. The van der Waals surface area contributed by atoms with Crippen LogP contribution in [0.2, 0.25) is 0 Å². The maximum absolute atomic E-state index is 12.0. The van der Waals surface area contributed by atoms with E-state index in [0.29, 0.717) is 11.8 Å². The lowest BCUT2D eigenvalue weighted by atomic mass is 9.82. The van der Waals surface area contributed by atoms with Crippen LogP contribution in [0.3, 0.4) is 0 Å². The molecule has 18 heavy (non-hydrogen) atoms. The molecule has 0 aliphatic heterocycles. The minimum Gasteiger partial charge on any atom is -0.461 e. The molecule has 1 fully saturated rings. The van der Waals surface area contributed by atoms with Crippen LogP contribution >= 0.6 is 11.3 Å². The SMILES string of the molecule is CC1CC(C)CC(OC(=O)C(N)c2cccs2)C1. The second kappa shape index (κ2) is 5.85. The second-order valence-electron chi connectivity index (χ2n) is 5.47. The molecule has 3 unspecified atom stereocenters. The van der Waals surface area contributed by atoms with Crippen molar-refractivity contribution in [1.82, 2.24) is 0 Å². The lowest BCUT2D eigenvalue weighted by Crippen LogP contribution is -2.32. The van der Waals surface area contributed by atoms with E-state index < -0.39 is 6.04 Å². The van der Waals surface area contributed by atoms with E-state index in [2.05, 4.69) is 13.8 Å². The molecule has 100 valence electrons. The Hall–Kier alpha value is -0.870. The van der Waals surface area contributed by atoms with Gasteiger partial charge in [0.25, 0.3) is 0 Å². The van der Waals surface area contributed by atoms with Crippen molar-refractivity contribution in [3.8, 4) is 0 Å². The fourth-order valence-electron chi connectivity index (χ4n) is 2.79. The van der Waals surface area contributed by atoms with Crippen LogP contribution in [0.5, 0.6) is 0 Å². The third kappa shape index (κ3) is 3.33. The molecule has 0 bridgehead atoms. The van der Waals surface area contributed by atoms with Gasteiger partial charge in [-0.25, -0.2) is 4.79 Å². The maximum atomic E-state index is 12.0. The van der Waals surface area contributed by atoms with Gasteiger partial charge >= 0.3 is 5.97 Å². The molecule has 0 amide bonds. The number of ether oxygens (including phenoxy) is 1. The van der Waals surface area contributed by atoms with Crippen LogP contribution in [0.15, 0.2) is 17.5 Å². The molecule has 0 aromatic carbocycles. The molecule has 1 aromatic heterocycles. The molecular formula is C14H21NO2S. The highest BCUT2D eigenvalue weighted by molar-refractivity contribution is 7.10. The van der Waals surface area contributed by atoms with Crippen molar-refractivity contribution in [2.45, 2.75) is 45.3 Å². The average Bonchev–Trinajstić information content (AvgIpc) is 2.79. The van der Waals surface area contributed by atoms with E-state index in [9.17, 15) is 4.79 Å². The van der Waals surface area contributed by atoms with Gasteiger partial charge in [0.05, 0.1) is 0 Å². The van der Waals surface area contributed by atoms with E-state index in [1.54, 1.807) is 0 Å². The molecule has 1 aliphatic carbocycles. The van der Waals surface area contributed by atoms with Crippen LogP contribution in [0, 0.1) is 11.8 Å². The molecule has 1 aliphatic rings. The van der Waals surface area contributed by atoms with E-state index >= 15 is 0 Å². The van der Waals surface area contributed by atoms with Gasteiger partial charge in [0, 0.05) is 4.88 Å².